The molecule has 78 valence electrons. The van der Waals surface area contributed by atoms with E-state index in [0.29, 0.717) is 6.54 Å². The minimum atomic E-state index is 0. The predicted molar refractivity (Wildman–Crippen MR) is 60.2 cm³/mol. The van der Waals surface area contributed by atoms with E-state index in [0.717, 1.165) is 11.3 Å². The van der Waals surface area contributed by atoms with E-state index in [1.165, 1.54) is 30.4 Å². The standard InChI is InChI=1S/C11H15NO.ClH/c1-13-11-6-9-4-2-3-8(9)5-10(11)7-12;/h5-6H,2-4,7,12H2,1H3;1H. The van der Waals surface area contributed by atoms with Gasteiger partial charge in [0.15, 0.2) is 0 Å². The average molecular weight is 214 g/mol. The summed E-state index contributed by atoms with van der Waals surface area (Å²) >= 11 is 0. The van der Waals surface area contributed by atoms with Crippen LogP contribution in [0, 0.1) is 0 Å². The van der Waals surface area contributed by atoms with Gasteiger partial charge in [-0.25, -0.2) is 0 Å². The molecule has 1 aliphatic rings. The molecule has 0 aliphatic heterocycles. The third-order valence-corrected chi connectivity index (χ3v) is 2.71. The first kappa shape index (κ1) is 11.3. The zero-order valence-corrected chi connectivity index (χ0v) is 9.19. The summed E-state index contributed by atoms with van der Waals surface area (Å²) in [5.74, 6) is 0.947. The van der Waals surface area contributed by atoms with Crippen molar-refractivity contribution in [2.24, 2.45) is 5.73 Å². The SMILES string of the molecule is COc1cc2c(cc1CN)CCC2.Cl. The van der Waals surface area contributed by atoms with Crippen molar-refractivity contribution in [1.29, 1.82) is 0 Å². The van der Waals surface area contributed by atoms with Crippen molar-refractivity contribution in [3.05, 3.63) is 28.8 Å². The maximum Gasteiger partial charge on any atom is 0.123 e. The summed E-state index contributed by atoms with van der Waals surface area (Å²) in [6.45, 7) is 0.566. The largest absolute Gasteiger partial charge is 0.496 e. The maximum absolute atomic E-state index is 5.64. The van der Waals surface area contributed by atoms with E-state index in [1.54, 1.807) is 7.11 Å². The maximum atomic E-state index is 5.64. The van der Waals surface area contributed by atoms with Crippen molar-refractivity contribution in [2.45, 2.75) is 25.8 Å². The van der Waals surface area contributed by atoms with E-state index in [-0.39, 0.29) is 12.4 Å². The summed E-state index contributed by atoms with van der Waals surface area (Å²) in [7, 11) is 1.70. The summed E-state index contributed by atoms with van der Waals surface area (Å²) < 4.78 is 5.28. The molecule has 2 N–H and O–H groups in total. The molecule has 14 heavy (non-hydrogen) atoms. The highest BCUT2D eigenvalue weighted by atomic mass is 35.5. The van der Waals surface area contributed by atoms with Crippen LogP contribution in [0.2, 0.25) is 0 Å². The van der Waals surface area contributed by atoms with Crippen molar-refractivity contribution < 1.29 is 4.74 Å². The first-order valence-corrected chi connectivity index (χ1v) is 4.74. The second kappa shape index (κ2) is 4.67. The smallest absolute Gasteiger partial charge is 0.123 e. The van der Waals surface area contributed by atoms with Gasteiger partial charge in [-0.05, 0) is 36.5 Å². The first-order chi connectivity index (χ1) is 6.35. The molecule has 0 unspecified atom stereocenters. The van der Waals surface area contributed by atoms with Gasteiger partial charge in [-0.15, -0.1) is 12.4 Å². The lowest BCUT2D eigenvalue weighted by Crippen LogP contribution is -2.01. The minimum absolute atomic E-state index is 0. The van der Waals surface area contributed by atoms with Crippen LogP contribution in [-0.2, 0) is 19.4 Å². The van der Waals surface area contributed by atoms with Gasteiger partial charge in [-0.3, -0.25) is 0 Å². The summed E-state index contributed by atoms with van der Waals surface area (Å²) in [6, 6.07) is 4.34. The van der Waals surface area contributed by atoms with Gasteiger partial charge in [-0.1, -0.05) is 6.07 Å². The lowest BCUT2D eigenvalue weighted by Gasteiger charge is -2.09. The van der Waals surface area contributed by atoms with E-state index < -0.39 is 0 Å². The van der Waals surface area contributed by atoms with Crippen LogP contribution in [-0.4, -0.2) is 7.11 Å². The fourth-order valence-electron chi connectivity index (χ4n) is 2.00. The first-order valence-electron chi connectivity index (χ1n) is 4.74. The summed E-state index contributed by atoms with van der Waals surface area (Å²) in [4.78, 5) is 0. The molecule has 0 bridgehead atoms. The summed E-state index contributed by atoms with van der Waals surface area (Å²) in [6.07, 6.45) is 3.66. The fourth-order valence-corrected chi connectivity index (χ4v) is 2.00. The van der Waals surface area contributed by atoms with Gasteiger partial charge >= 0.3 is 0 Å². The Hall–Kier alpha value is -0.730. The number of benzene rings is 1. The monoisotopic (exact) mass is 213 g/mol. The number of ether oxygens (including phenoxy) is 1. The lowest BCUT2D eigenvalue weighted by molar-refractivity contribution is 0.409. The molecule has 0 atom stereocenters. The Labute approximate surface area is 90.9 Å². The molecule has 1 aromatic rings. The molecule has 0 amide bonds. The third kappa shape index (κ3) is 1.86. The molecule has 0 saturated heterocycles. The van der Waals surface area contributed by atoms with Crippen LogP contribution in [0.15, 0.2) is 12.1 Å². The second-order valence-electron chi connectivity index (χ2n) is 3.49. The quantitative estimate of drug-likeness (QED) is 0.817. The number of aryl methyl sites for hydroxylation is 2. The van der Waals surface area contributed by atoms with Gasteiger partial charge < -0.3 is 10.5 Å². The van der Waals surface area contributed by atoms with Gasteiger partial charge in [0.05, 0.1) is 7.11 Å². The molecular weight excluding hydrogens is 198 g/mol. The van der Waals surface area contributed by atoms with E-state index >= 15 is 0 Å². The van der Waals surface area contributed by atoms with Gasteiger partial charge in [0.2, 0.25) is 0 Å². The predicted octanol–water partition coefficient (Wildman–Crippen LogP) is 2.06. The van der Waals surface area contributed by atoms with Crippen molar-refractivity contribution >= 4 is 12.4 Å². The second-order valence-corrected chi connectivity index (χ2v) is 3.49. The fraction of sp³-hybridized carbons (Fsp3) is 0.455. The molecule has 0 saturated carbocycles. The van der Waals surface area contributed by atoms with Crippen LogP contribution < -0.4 is 10.5 Å². The Bertz CT molecular complexity index is 294. The Balaban J connectivity index is 0.000000980. The highest BCUT2D eigenvalue weighted by Crippen LogP contribution is 2.29. The van der Waals surface area contributed by atoms with E-state index in [4.69, 9.17) is 10.5 Å². The number of hydrogen-bond acceptors (Lipinski definition) is 2. The van der Waals surface area contributed by atoms with Crippen LogP contribution in [0.5, 0.6) is 5.75 Å². The van der Waals surface area contributed by atoms with Crippen LogP contribution >= 0.6 is 12.4 Å². The molecule has 0 radical (unpaired) electrons. The van der Waals surface area contributed by atoms with Gasteiger partial charge in [-0.2, -0.15) is 0 Å². The summed E-state index contributed by atoms with van der Waals surface area (Å²) in [5.41, 5.74) is 9.67. The normalized spacial score (nSPS) is 13.3. The van der Waals surface area contributed by atoms with Crippen LogP contribution in [0.25, 0.3) is 0 Å². The molecule has 2 rings (SSSR count). The van der Waals surface area contributed by atoms with E-state index in [1.807, 2.05) is 0 Å². The highest BCUT2D eigenvalue weighted by molar-refractivity contribution is 5.85. The number of halogens is 1. The van der Waals surface area contributed by atoms with Crippen LogP contribution in [0.1, 0.15) is 23.1 Å². The molecule has 1 aliphatic carbocycles. The number of rotatable bonds is 2. The zero-order valence-electron chi connectivity index (χ0n) is 8.38. The van der Waals surface area contributed by atoms with Gasteiger partial charge in [0.25, 0.3) is 0 Å². The van der Waals surface area contributed by atoms with E-state index in [2.05, 4.69) is 12.1 Å². The Morgan fingerprint density at radius 2 is 1.93 bits per heavy atom. The number of nitrogens with two attached hydrogens (primary N) is 1. The molecule has 1 aromatic carbocycles. The number of hydrogen-bond donors (Lipinski definition) is 1. The Kier molecular flexibility index (Phi) is 3.78. The molecule has 0 heterocycles. The zero-order chi connectivity index (χ0) is 9.26. The topological polar surface area (TPSA) is 35.2 Å². The number of fused-ring (bicyclic) bond motifs is 1. The minimum Gasteiger partial charge on any atom is -0.496 e. The van der Waals surface area contributed by atoms with Crippen molar-refractivity contribution in [2.75, 3.05) is 7.11 Å². The molecule has 0 spiro atoms. The number of methoxy groups -OCH3 is 1. The Morgan fingerprint density at radius 3 is 2.50 bits per heavy atom. The highest BCUT2D eigenvalue weighted by Gasteiger charge is 2.13. The van der Waals surface area contributed by atoms with Crippen molar-refractivity contribution in [3.8, 4) is 5.75 Å². The Morgan fingerprint density at radius 1 is 1.29 bits per heavy atom. The van der Waals surface area contributed by atoms with Crippen LogP contribution in [0.4, 0.5) is 0 Å². The van der Waals surface area contributed by atoms with Crippen molar-refractivity contribution in [3.63, 3.8) is 0 Å². The average Bonchev–Trinajstić information content (AvgIpc) is 2.62. The van der Waals surface area contributed by atoms with Gasteiger partial charge in [0, 0.05) is 12.1 Å². The van der Waals surface area contributed by atoms with Crippen LogP contribution in [0.3, 0.4) is 0 Å². The molecule has 3 heteroatoms. The van der Waals surface area contributed by atoms with Gasteiger partial charge in [0.1, 0.15) is 5.75 Å². The lowest BCUT2D eigenvalue weighted by atomic mass is 10.1. The molecular formula is C11H16ClNO. The molecule has 0 fully saturated rings. The summed E-state index contributed by atoms with van der Waals surface area (Å²) in [5, 5.41) is 0. The third-order valence-electron chi connectivity index (χ3n) is 2.71. The molecule has 2 nitrogen and oxygen atoms in total. The van der Waals surface area contributed by atoms with E-state index in [9.17, 15) is 0 Å². The molecule has 0 aromatic heterocycles. The van der Waals surface area contributed by atoms with Crippen molar-refractivity contribution in [1.82, 2.24) is 0 Å².